The average Bonchev–Trinajstić information content (AvgIpc) is 2.75. The van der Waals surface area contributed by atoms with Gasteiger partial charge in [-0.25, -0.2) is 8.42 Å². The quantitative estimate of drug-likeness (QED) is 0.535. The number of nitrogens with zero attached hydrogens (tertiary/aromatic N) is 2. The van der Waals surface area contributed by atoms with Gasteiger partial charge in [0.25, 0.3) is 0 Å². The van der Waals surface area contributed by atoms with E-state index in [1.165, 1.54) is 4.90 Å². The molecule has 9 heteroatoms. The summed E-state index contributed by atoms with van der Waals surface area (Å²) in [5, 5.41) is 2.90. The number of carbonyl (C=O) groups is 2. The topological polar surface area (TPSA) is 96.0 Å². The molecule has 1 N–H and O–H groups in total. The molecule has 0 heterocycles. The molecule has 2 aromatic carbocycles. The van der Waals surface area contributed by atoms with Gasteiger partial charge in [0.05, 0.1) is 18.6 Å². The third-order valence-electron chi connectivity index (χ3n) is 5.25. The van der Waals surface area contributed by atoms with Crippen LogP contribution in [0.4, 0.5) is 5.69 Å². The molecule has 8 nitrogen and oxygen atoms in total. The first-order chi connectivity index (χ1) is 16.2. The van der Waals surface area contributed by atoms with E-state index in [1.54, 1.807) is 31.2 Å². The van der Waals surface area contributed by atoms with E-state index in [-0.39, 0.29) is 12.5 Å². The van der Waals surface area contributed by atoms with E-state index in [4.69, 9.17) is 4.74 Å². The molecule has 2 rings (SSSR count). The first-order valence-corrected chi connectivity index (χ1v) is 13.4. The first kappa shape index (κ1) is 28.2. The highest BCUT2D eigenvalue weighted by Crippen LogP contribution is 2.22. The van der Waals surface area contributed by atoms with Crippen LogP contribution in [0.25, 0.3) is 0 Å². The fraction of sp³-hybridized carbons (Fsp3) is 0.462. The van der Waals surface area contributed by atoms with Crippen molar-refractivity contribution in [1.29, 1.82) is 0 Å². The molecule has 0 unspecified atom stereocenters. The summed E-state index contributed by atoms with van der Waals surface area (Å²) in [4.78, 5) is 27.9. The second-order valence-electron chi connectivity index (χ2n) is 9.62. The monoisotopic (exact) mass is 503 g/mol. The van der Waals surface area contributed by atoms with Crippen LogP contribution in [0.15, 0.2) is 48.5 Å². The van der Waals surface area contributed by atoms with Crippen LogP contribution < -0.4 is 14.4 Å². The number of hydrogen-bond acceptors (Lipinski definition) is 5. The molecule has 0 saturated carbocycles. The molecule has 0 saturated heterocycles. The number of rotatable bonds is 10. The van der Waals surface area contributed by atoms with Crippen molar-refractivity contribution in [2.45, 2.75) is 59.7 Å². The van der Waals surface area contributed by atoms with Crippen molar-refractivity contribution in [2.24, 2.45) is 0 Å². The second kappa shape index (κ2) is 11.6. The zero-order chi connectivity index (χ0) is 26.4. The molecule has 35 heavy (non-hydrogen) atoms. The number of nitrogens with one attached hydrogen (secondary N) is 1. The lowest BCUT2D eigenvalue weighted by molar-refractivity contribution is -0.140. The van der Waals surface area contributed by atoms with Gasteiger partial charge in [-0.3, -0.25) is 13.9 Å². The summed E-state index contributed by atoms with van der Waals surface area (Å²) in [6, 6.07) is 13.3. The molecule has 0 aliphatic heterocycles. The van der Waals surface area contributed by atoms with E-state index in [1.807, 2.05) is 58.9 Å². The molecule has 0 bridgehead atoms. The van der Waals surface area contributed by atoms with E-state index in [0.717, 1.165) is 21.7 Å². The Kier molecular flexibility index (Phi) is 9.31. The molecule has 0 fully saturated rings. The van der Waals surface area contributed by atoms with Crippen LogP contribution in [-0.2, 0) is 26.2 Å². The maximum atomic E-state index is 13.5. The fourth-order valence-corrected chi connectivity index (χ4v) is 4.29. The number of hydrogen-bond donors (Lipinski definition) is 1. The van der Waals surface area contributed by atoms with Crippen LogP contribution in [0.5, 0.6) is 5.75 Å². The molecule has 2 amide bonds. The summed E-state index contributed by atoms with van der Waals surface area (Å²) < 4.78 is 31.7. The van der Waals surface area contributed by atoms with E-state index in [2.05, 4.69) is 5.32 Å². The van der Waals surface area contributed by atoms with Gasteiger partial charge in [0, 0.05) is 12.1 Å². The predicted molar refractivity (Wildman–Crippen MR) is 139 cm³/mol. The number of amides is 2. The Morgan fingerprint density at radius 1 is 1.03 bits per heavy atom. The lowest BCUT2D eigenvalue weighted by Crippen LogP contribution is -2.54. The Morgan fingerprint density at radius 3 is 2.09 bits per heavy atom. The largest absolute Gasteiger partial charge is 0.494 e. The maximum Gasteiger partial charge on any atom is 0.244 e. The number of benzene rings is 2. The normalized spacial score (nSPS) is 12.5. The van der Waals surface area contributed by atoms with Crippen LogP contribution in [0, 0.1) is 6.92 Å². The Morgan fingerprint density at radius 2 is 1.60 bits per heavy atom. The first-order valence-electron chi connectivity index (χ1n) is 11.6. The minimum absolute atomic E-state index is 0.165. The molecule has 0 radical (unpaired) electrons. The van der Waals surface area contributed by atoms with Gasteiger partial charge in [-0.15, -0.1) is 0 Å². The molecule has 0 aromatic heterocycles. The number of anilines is 1. The van der Waals surface area contributed by atoms with Crippen LogP contribution >= 0.6 is 0 Å². The van der Waals surface area contributed by atoms with E-state index >= 15 is 0 Å². The molecule has 192 valence electrons. The summed E-state index contributed by atoms with van der Waals surface area (Å²) >= 11 is 0. The van der Waals surface area contributed by atoms with Gasteiger partial charge < -0.3 is 15.0 Å². The third-order valence-corrected chi connectivity index (χ3v) is 6.39. The van der Waals surface area contributed by atoms with Crippen LogP contribution in [0.3, 0.4) is 0 Å². The average molecular weight is 504 g/mol. The molecular weight excluding hydrogens is 466 g/mol. The number of ether oxygens (including phenoxy) is 1. The van der Waals surface area contributed by atoms with Gasteiger partial charge in [-0.1, -0.05) is 29.8 Å². The standard InChI is InChI=1S/C26H37N3O5S/c1-8-34-23-15-13-22(14-16-23)29(35(7,32)33)18-24(30)28(17-21-11-9-19(2)10-12-21)20(3)25(31)27-26(4,5)6/h9-16,20H,8,17-18H2,1-7H3,(H,27,31)/t20-/m1/s1. The molecule has 1 atom stereocenters. The zero-order valence-corrected chi connectivity index (χ0v) is 22.5. The van der Waals surface area contributed by atoms with Gasteiger partial charge in [0.15, 0.2) is 0 Å². The number of sulfonamides is 1. The van der Waals surface area contributed by atoms with Crippen molar-refractivity contribution in [2.75, 3.05) is 23.7 Å². The predicted octanol–water partition coefficient (Wildman–Crippen LogP) is 3.49. The highest BCUT2D eigenvalue weighted by Gasteiger charge is 2.31. The van der Waals surface area contributed by atoms with Crippen molar-refractivity contribution >= 4 is 27.5 Å². The minimum atomic E-state index is -3.78. The highest BCUT2D eigenvalue weighted by atomic mass is 32.2. The SMILES string of the molecule is CCOc1ccc(N(CC(=O)N(Cc2ccc(C)cc2)[C@H](C)C(=O)NC(C)(C)C)S(C)(=O)=O)cc1. The molecule has 0 spiro atoms. The van der Waals surface area contributed by atoms with Crippen molar-refractivity contribution in [3.63, 3.8) is 0 Å². The van der Waals surface area contributed by atoms with Crippen LogP contribution in [0.1, 0.15) is 45.7 Å². The highest BCUT2D eigenvalue weighted by molar-refractivity contribution is 7.92. The Hall–Kier alpha value is -3.07. The van der Waals surface area contributed by atoms with Gasteiger partial charge in [-0.2, -0.15) is 0 Å². The smallest absolute Gasteiger partial charge is 0.244 e. The van der Waals surface area contributed by atoms with Crippen LogP contribution in [-0.4, -0.2) is 56.1 Å². The number of aryl methyl sites for hydroxylation is 1. The summed E-state index contributed by atoms with van der Waals surface area (Å²) in [7, 11) is -3.78. The van der Waals surface area contributed by atoms with Crippen molar-refractivity contribution < 1.29 is 22.7 Å². The Labute approximate surface area is 209 Å². The zero-order valence-electron chi connectivity index (χ0n) is 21.7. The summed E-state index contributed by atoms with van der Waals surface area (Å²) in [6.07, 6.45) is 1.05. The van der Waals surface area contributed by atoms with E-state index in [9.17, 15) is 18.0 Å². The fourth-order valence-electron chi connectivity index (χ4n) is 3.44. The van der Waals surface area contributed by atoms with Crippen LogP contribution in [0.2, 0.25) is 0 Å². The summed E-state index contributed by atoms with van der Waals surface area (Å²) in [5.41, 5.74) is 1.77. The van der Waals surface area contributed by atoms with E-state index in [0.29, 0.717) is 18.0 Å². The van der Waals surface area contributed by atoms with Gasteiger partial charge in [0.1, 0.15) is 18.3 Å². The van der Waals surface area contributed by atoms with Crippen molar-refractivity contribution in [1.82, 2.24) is 10.2 Å². The van der Waals surface area contributed by atoms with Crippen molar-refractivity contribution in [3.05, 3.63) is 59.7 Å². The number of carbonyl (C=O) groups excluding carboxylic acids is 2. The summed E-state index contributed by atoms with van der Waals surface area (Å²) in [6.45, 7) is 11.3. The Bertz CT molecular complexity index is 1110. The van der Waals surface area contributed by atoms with E-state index < -0.39 is 34.1 Å². The molecule has 2 aromatic rings. The van der Waals surface area contributed by atoms with Gasteiger partial charge in [0.2, 0.25) is 21.8 Å². The summed E-state index contributed by atoms with van der Waals surface area (Å²) in [5.74, 6) is -0.198. The minimum Gasteiger partial charge on any atom is -0.494 e. The Balaban J connectivity index is 2.37. The molecule has 0 aliphatic rings. The maximum absolute atomic E-state index is 13.5. The van der Waals surface area contributed by atoms with Gasteiger partial charge in [-0.05, 0) is 71.4 Å². The molecule has 0 aliphatic carbocycles. The lowest BCUT2D eigenvalue weighted by atomic mass is 10.1. The van der Waals surface area contributed by atoms with Crippen molar-refractivity contribution in [3.8, 4) is 5.75 Å². The van der Waals surface area contributed by atoms with Gasteiger partial charge >= 0.3 is 0 Å². The third kappa shape index (κ3) is 8.58. The molecular formula is C26H37N3O5S. The second-order valence-corrected chi connectivity index (χ2v) is 11.5. The lowest BCUT2D eigenvalue weighted by Gasteiger charge is -2.33.